The number of methoxy groups -OCH3 is 1. The predicted molar refractivity (Wildman–Crippen MR) is 461 cm³/mol. The van der Waals surface area contributed by atoms with E-state index in [1.54, 1.807) is 40.0 Å². The molecule has 6 saturated heterocycles. The lowest BCUT2D eigenvalue weighted by Gasteiger charge is -2.50. The number of carboxylic acid groups (broad SMARTS) is 5. The van der Waals surface area contributed by atoms with E-state index in [0.717, 1.165) is 34.4 Å². The minimum atomic E-state index is -2.14. The number of guanidine groups is 1. The number of carbonyl (C=O) groups is 12. The topological polar surface area (TPSA) is 656 Å². The van der Waals surface area contributed by atoms with Gasteiger partial charge in [-0.15, -0.1) is 0 Å². The molecule has 21 N–H and O–H groups in total. The van der Waals surface area contributed by atoms with Crippen LogP contribution < -0.4 is 64.9 Å². The number of benzene rings is 1. The molecular formula is C83H124N16O27S2. The minimum Gasteiger partial charge on any atom is -0.481 e. The Morgan fingerprint density at radius 3 is 1.95 bits per heavy atom. The molecule has 1 spiro atoms. The van der Waals surface area contributed by atoms with Gasteiger partial charge in [-0.25, -0.2) is 19.6 Å². The molecule has 6 aliphatic rings. The number of nitrogens with one attached hydrogen (secondary N) is 11. The first-order valence-electron chi connectivity index (χ1n) is 43.1. The molecule has 45 heteroatoms. The number of alkyl carbamates (subject to hydrolysis) is 1. The third-order valence-corrected chi connectivity index (χ3v) is 27.4. The molecular weight excluding hydrogens is 1720 g/mol. The monoisotopic (exact) mass is 1840 g/mol. The van der Waals surface area contributed by atoms with Gasteiger partial charge in [0, 0.05) is 86.0 Å². The Hall–Kier alpha value is -9.87. The van der Waals surface area contributed by atoms with Crippen LogP contribution >= 0.6 is 21.6 Å². The zero-order chi connectivity index (χ0) is 94.0. The van der Waals surface area contributed by atoms with Crippen LogP contribution in [0.1, 0.15) is 188 Å². The third-order valence-electron chi connectivity index (χ3n) is 25.0. The molecule has 7 amide bonds. The number of carbonyl (C=O) groups excluding carboxylic acids is 7. The number of aliphatic carboxylic acids is 5. The van der Waals surface area contributed by atoms with Crippen molar-refractivity contribution in [1.82, 2.24) is 62.5 Å². The Bertz CT molecular complexity index is 4530. The van der Waals surface area contributed by atoms with E-state index >= 15 is 0 Å². The van der Waals surface area contributed by atoms with E-state index < -0.39 is 198 Å². The summed E-state index contributed by atoms with van der Waals surface area (Å²) in [6, 6.07) is -4.05. The second kappa shape index (κ2) is 45.1. The number of hydrogen-bond acceptors (Lipinski definition) is 30. The smallest absolute Gasteiger partial charge is 0.407 e. The highest BCUT2D eigenvalue weighted by molar-refractivity contribution is 8.76. The highest BCUT2D eigenvalue weighted by Gasteiger charge is 2.65. The molecule has 6 fully saturated rings. The van der Waals surface area contributed by atoms with Crippen LogP contribution in [0.5, 0.6) is 0 Å². The predicted octanol–water partition coefficient (Wildman–Crippen LogP) is 2.84. The van der Waals surface area contributed by atoms with E-state index in [-0.39, 0.29) is 140 Å². The summed E-state index contributed by atoms with van der Waals surface area (Å²) in [5, 5.41) is 91.0. The summed E-state index contributed by atoms with van der Waals surface area (Å²) in [6.07, 6.45) is -0.585. The molecule has 0 bridgehead atoms. The molecule has 710 valence electrons. The number of anilines is 2. The number of nitrogens with zero attached hydrogens (tertiary/aromatic N) is 3. The summed E-state index contributed by atoms with van der Waals surface area (Å²) >= 11 is 0. The molecule has 0 aliphatic carbocycles. The fourth-order valence-electron chi connectivity index (χ4n) is 18.0. The Balaban J connectivity index is 0.710. The van der Waals surface area contributed by atoms with Crippen LogP contribution in [0.2, 0.25) is 0 Å². The molecule has 2 unspecified atom stereocenters. The fourth-order valence-corrected chi connectivity index (χ4v) is 20.1. The molecule has 3 aromatic rings. The van der Waals surface area contributed by atoms with Crippen LogP contribution in [0.15, 0.2) is 35.3 Å². The lowest BCUT2D eigenvalue weighted by molar-refractivity contribution is -0.353. The van der Waals surface area contributed by atoms with E-state index in [4.69, 9.17) is 54.8 Å². The van der Waals surface area contributed by atoms with Crippen LogP contribution in [-0.4, -0.2) is 274 Å². The van der Waals surface area contributed by atoms with Crippen molar-refractivity contribution in [2.45, 2.75) is 286 Å². The average Bonchev–Trinajstić information content (AvgIpc) is 1.56. The molecule has 1 aromatic carbocycles. The number of fused-ring (bicyclic) bond motifs is 1. The van der Waals surface area contributed by atoms with Crippen LogP contribution in [0.3, 0.4) is 0 Å². The maximum absolute atomic E-state index is 14.1. The summed E-state index contributed by atoms with van der Waals surface area (Å²) < 4.78 is 53.3. The number of nitrogens with two attached hydrogens (primary N) is 2. The number of aliphatic hydroxyl groups is 1. The van der Waals surface area contributed by atoms with Crippen molar-refractivity contribution in [3.63, 3.8) is 0 Å². The second-order valence-corrected chi connectivity index (χ2v) is 37.8. The maximum Gasteiger partial charge on any atom is 0.407 e. The number of aromatic nitrogens is 4. The number of nitrogen functional groups attached to an aromatic ring is 1. The van der Waals surface area contributed by atoms with Crippen LogP contribution in [0.4, 0.5) is 16.4 Å². The largest absolute Gasteiger partial charge is 0.481 e. The summed E-state index contributed by atoms with van der Waals surface area (Å²) in [5.41, 5.74) is 10.2. The van der Waals surface area contributed by atoms with Gasteiger partial charge < -0.3 is 128 Å². The first-order valence-corrected chi connectivity index (χ1v) is 45.6. The van der Waals surface area contributed by atoms with Gasteiger partial charge in [0.1, 0.15) is 36.8 Å². The lowest BCUT2D eigenvalue weighted by Crippen LogP contribution is -2.59. The van der Waals surface area contributed by atoms with Crippen LogP contribution in [0, 0.1) is 46.8 Å². The van der Waals surface area contributed by atoms with E-state index in [1.807, 2.05) is 13.8 Å². The molecule has 43 nitrogen and oxygen atoms in total. The third kappa shape index (κ3) is 27.1. The van der Waals surface area contributed by atoms with Gasteiger partial charge in [0.2, 0.25) is 41.3 Å². The zero-order valence-electron chi connectivity index (χ0n) is 73.6. The Morgan fingerprint density at radius 1 is 0.688 bits per heavy atom. The second-order valence-electron chi connectivity index (χ2n) is 35.1. The van der Waals surface area contributed by atoms with Gasteiger partial charge in [-0.1, -0.05) is 63.1 Å². The number of rotatable bonds is 44. The molecule has 0 radical (unpaired) electrons. The number of aromatic amines is 1. The van der Waals surface area contributed by atoms with Crippen LogP contribution in [0.25, 0.3) is 11.2 Å². The van der Waals surface area contributed by atoms with E-state index in [1.165, 1.54) is 18.3 Å². The molecule has 25 atom stereocenters. The molecule has 2 aromatic heterocycles. The van der Waals surface area contributed by atoms with Crippen molar-refractivity contribution in [2.24, 2.45) is 47.2 Å². The quantitative estimate of drug-likeness (QED) is 0.0167. The normalized spacial score (nSPS) is 29.6. The first-order chi connectivity index (χ1) is 60.3. The summed E-state index contributed by atoms with van der Waals surface area (Å²) in [4.78, 5) is 183. The summed E-state index contributed by atoms with van der Waals surface area (Å²) in [5.74, 6) is -19.2. The number of amides is 7. The van der Waals surface area contributed by atoms with Crippen molar-refractivity contribution >= 4 is 122 Å². The SMILES string of the molecule is CO[C@@H]1C[C@@H](C[C@H]2CC[C@H](C)C([C@@H](C)C(=O)O)O2)O[C@]2(O[C@@](C)(C3CC[C@@](C)([C@@H]4O[C@@H]([C@@H]5O[C@@](O)(COC(=O)NCCSSC[C@H](NC(=O)[C@H](CC(=O)O)NC(=O)[C@H](CC(=O)O)NC(=O)[C@H](CCCNC(=N)N)NC(=O)[C@H](CC(=O)O)NC(=O)CC[C@@H](C)NC(=O)c6ccc(NCc7cnc8nc(N)[nH]c(=O)c8n7)cc6)C(=O)O)[C@H](C)C[C@@H]5C)C[C@@H]4C)O3)C[C@H]2C)[C@@H]1C. The molecule has 6 aliphatic heterocycles. The fraction of sp³-hybridized carbons (Fsp3) is 0.699. The van der Waals surface area contributed by atoms with Crippen LogP contribution in [-0.2, 0) is 92.4 Å². The maximum atomic E-state index is 14.1. The Kier molecular flexibility index (Phi) is 35.9. The highest BCUT2D eigenvalue weighted by atomic mass is 33.1. The summed E-state index contributed by atoms with van der Waals surface area (Å²) in [7, 11) is 3.69. The van der Waals surface area contributed by atoms with Gasteiger partial charge in [-0.2, -0.15) is 4.98 Å². The molecule has 0 saturated carbocycles. The lowest BCUT2D eigenvalue weighted by atomic mass is 9.78. The first kappa shape index (κ1) is 102. The number of carboxylic acids is 5. The summed E-state index contributed by atoms with van der Waals surface area (Å²) in [6.45, 7) is 19.2. The van der Waals surface area contributed by atoms with E-state index in [0.29, 0.717) is 56.3 Å². The Labute approximate surface area is 747 Å². The highest BCUT2D eigenvalue weighted by Crippen LogP contribution is 2.57. The number of H-pyrrole nitrogens is 1. The zero-order valence-corrected chi connectivity index (χ0v) is 75.3. The molecule has 128 heavy (non-hydrogen) atoms. The van der Waals surface area contributed by atoms with Crippen molar-refractivity contribution in [3.05, 3.63) is 52.1 Å². The van der Waals surface area contributed by atoms with Crippen molar-refractivity contribution in [3.8, 4) is 0 Å². The van der Waals surface area contributed by atoms with Gasteiger partial charge in [0.15, 0.2) is 22.9 Å². The van der Waals surface area contributed by atoms with E-state index in [9.17, 15) is 93.0 Å². The average molecular weight is 1840 g/mol. The van der Waals surface area contributed by atoms with Gasteiger partial charge >= 0.3 is 35.9 Å². The van der Waals surface area contributed by atoms with Gasteiger partial charge in [-0.05, 0) is 134 Å². The van der Waals surface area contributed by atoms with Crippen molar-refractivity contribution in [1.29, 1.82) is 5.41 Å². The van der Waals surface area contributed by atoms with Crippen molar-refractivity contribution < 1.29 is 126 Å². The number of ether oxygens (including phenoxy) is 8. The minimum absolute atomic E-state index is 0.00855. The van der Waals surface area contributed by atoms with Gasteiger partial charge in [-0.3, -0.25) is 63.1 Å². The van der Waals surface area contributed by atoms with Crippen molar-refractivity contribution in [2.75, 3.05) is 49.4 Å². The van der Waals surface area contributed by atoms with Gasteiger partial charge in [0.05, 0.1) is 104 Å². The van der Waals surface area contributed by atoms with E-state index in [2.05, 4.69) is 102 Å². The number of hydrogen-bond donors (Lipinski definition) is 19. The Morgan fingerprint density at radius 2 is 1.32 bits per heavy atom. The molecule has 9 rings (SSSR count). The standard InChI is InChI=1S/C83H124N16O27S2/c1-39-14-20-50(121-65(39)45(7)75(113)114)29-51-30-57(119-11)46(8)83(123-51)43(5)34-81(10,126-83)59-22-23-80(9,124-59)67-41(3)28-58(122-67)66-40(2)27-42(4)82(118,125-66)38-120-79(117)88-25-26-127-128-37-56(76(115)116)97-73(111)55(33-63(105)106)96-72(110)54(32-62(103)104)95-70(108)52(13-12-24-87-77(84)85)94-71(109)53(31-61(101)102)93-60(100)21-15-44(6)91-69(107)47-16-18-48(19-17-47)89-35-49-36-90-68-64(92-49)74(112)99-78(86)98-68/h16-19,36,39-46,50-59,65-67,89,118H,12-15,20-35,37-38H2,1-11H3,(H,88,117)(H,91,107)(H,93,100)(H,94,109)(H,95,108)(H,96,110)(H,97,111)(H,101,102)(H,103,104)(H,105,106)(H,113,114)(H,115,116)(H4,84,85,87)(H3,86,90,98,99,112)/t39-,40-,41-,42+,43+,44+,45+,46+,50+,51+,52-,53-,54-,55-,56-,57+,58+,59?,65?,66+,67+,80-,81+,82-,83+/m0/s1. The van der Waals surface area contributed by atoms with Gasteiger partial charge in [0.25, 0.3) is 11.5 Å². The molecule has 8 heterocycles.